The van der Waals surface area contributed by atoms with E-state index in [1.54, 1.807) is 4.90 Å². The van der Waals surface area contributed by atoms with Crippen molar-refractivity contribution >= 4 is 15.7 Å². The van der Waals surface area contributed by atoms with Gasteiger partial charge in [-0.05, 0) is 19.8 Å². The van der Waals surface area contributed by atoms with Crippen LogP contribution in [0.25, 0.3) is 11.4 Å². The summed E-state index contributed by atoms with van der Waals surface area (Å²) in [6.45, 7) is 2.69. The third-order valence-electron chi connectivity index (χ3n) is 4.63. The molecule has 0 spiro atoms. The molecular weight excluding hydrogens is 354 g/mol. The fourth-order valence-corrected chi connectivity index (χ4v) is 4.18. The zero-order chi connectivity index (χ0) is 18.6. The molecule has 140 valence electrons. The molecule has 1 aromatic heterocycles. The number of benzene rings is 1. The van der Waals surface area contributed by atoms with E-state index in [0.29, 0.717) is 18.9 Å². The largest absolute Gasteiger partial charge is 0.342 e. The third-order valence-corrected chi connectivity index (χ3v) is 6.56. The number of nitrogens with zero attached hydrogens (tertiary/aromatic N) is 3. The van der Waals surface area contributed by atoms with Crippen molar-refractivity contribution in [2.45, 2.75) is 43.6 Å². The summed E-state index contributed by atoms with van der Waals surface area (Å²) in [5.41, 5.74) is 0.744. The van der Waals surface area contributed by atoms with E-state index in [2.05, 4.69) is 10.1 Å². The Balaban J connectivity index is 1.70. The summed E-state index contributed by atoms with van der Waals surface area (Å²) in [4.78, 5) is 18.4. The number of hydrogen-bond acceptors (Lipinski definition) is 6. The molecule has 0 N–H and O–H groups in total. The Morgan fingerprint density at radius 2 is 1.81 bits per heavy atom. The first-order valence-electron chi connectivity index (χ1n) is 8.86. The summed E-state index contributed by atoms with van der Waals surface area (Å²) >= 11 is 0. The first kappa shape index (κ1) is 18.6. The van der Waals surface area contributed by atoms with E-state index in [1.807, 2.05) is 30.3 Å². The number of likely N-dealkylation sites (tertiary alicyclic amines) is 1. The van der Waals surface area contributed by atoms with Crippen molar-refractivity contribution in [1.29, 1.82) is 0 Å². The molecule has 2 heterocycles. The van der Waals surface area contributed by atoms with Crippen molar-refractivity contribution in [3.63, 3.8) is 0 Å². The molecule has 1 aromatic carbocycles. The molecule has 0 bridgehead atoms. The minimum atomic E-state index is -3.73. The van der Waals surface area contributed by atoms with Crippen molar-refractivity contribution in [3.8, 4) is 11.4 Å². The molecule has 0 saturated carbocycles. The summed E-state index contributed by atoms with van der Waals surface area (Å²) in [6, 6.07) is 9.17. The van der Waals surface area contributed by atoms with E-state index in [-0.39, 0.29) is 11.8 Å². The monoisotopic (exact) mass is 377 g/mol. The van der Waals surface area contributed by atoms with Gasteiger partial charge in [-0.1, -0.05) is 48.3 Å². The molecule has 1 aliphatic rings. The van der Waals surface area contributed by atoms with Gasteiger partial charge in [0, 0.05) is 18.7 Å². The maximum atomic E-state index is 12.6. The van der Waals surface area contributed by atoms with Gasteiger partial charge in [0.15, 0.2) is 9.84 Å². The van der Waals surface area contributed by atoms with E-state index in [0.717, 1.165) is 31.2 Å². The van der Waals surface area contributed by atoms with Crippen LogP contribution in [0.3, 0.4) is 0 Å². The first-order valence-corrected chi connectivity index (χ1v) is 10.6. The maximum Gasteiger partial charge on any atom is 0.242 e. The van der Waals surface area contributed by atoms with Crippen molar-refractivity contribution in [2.24, 2.45) is 0 Å². The highest BCUT2D eigenvalue weighted by Gasteiger charge is 2.33. The van der Waals surface area contributed by atoms with Gasteiger partial charge in [0.2, 0.25) is 17.6 Å². The fraction of sp³-hybridized carbons (Fsp3) is 0.500. The zero-order valence-electron chi connectivity index (χ0n) is 14.8. The summed E-state index contributed by atoms with van der Waals surface area (Å²) in [6.07, 6.45) is 4.00. The van der Waals surface area contributed by atoms with Crippen molar-refractivity contribution in [1.82, 2.24) is 15.0 Å². The number of hydrogen-bond donors (Lipinski definition) is 0. The molecule has 0 radical (unpaired) electrons. The van der Waals surface area contributed by atoms with Crippen LogP contribution in [-0.4, -0.2) is 47.7 Å². The van der Waals surface area contributed by atoms with Gasteiger partial charge in [-0.2, -0.15) is 4.98 Å². The van der Waals surface area contributed by atoms with Gasteiger partial charge in [-0.15, -0.1) is 0 Å². The topological polar surface area (TPSA) is 93.4 Å². The summed E-state index contributed by atoms with van der Waals surface area (Å²) in [7, 11) is -3.73. The second-order valence-electron chi connectivity index (χ2n) is 6.57. The van der Waals surface area contributed by atoms with E-state index < -0.39 is 20.8 Å². The number of carbonyl (C=O) groups excluding carboxylic acids is 1. The van der Waals surface area contributed by atoms with E-state index >= 15 is 0 Å². The Kier molecular flexibility index (Phi) is 5.70. The Labute approximate surface area is 153 Å². The molecule has 1 aliphatic heterocycles. The standard InChI is InChI=1S/C18H23N3O4S/c1-14(18(22)21-11-7-2-3-8-12-21)26(23,24)13-16-19-17(20-25-16)15-9-5-4-6-10-15/h4-6,9-10,14H,2-3,7-8,11-13H2,1H3. The van der Waals surface area contributed by atoms with Gasteiger partial charge in [0.1, 0.15) is 11.0 Å². The number of amides is 1. The molecule has 0 aliphatic carbocycles. The highest BCUT2D eigenvalue weighted by atomic mass is 32.2. The predicted octanol–water partition coefficient (Wildman–Crippen LogP) is 2.44. The van der Waals surface area contributed by atoms with E-state index in [9.17, 15) is 13.2 Å². The first-order chi connectivity index (χ1) is 12.5. The van der Waals surface area contributed by atoms with Crippen LogP contribution in [0.5, 0.6) is 0 Å². The Bertz CT molecular complexity index is 840. The molecule has 7 nitrogen and oxygen atoms in total. The number of aromatic nitrogens is 2. The van der Waals surface area contributed by atoms with Crippen LogP contribution in [0.4, 0.5) is 0 Å². The van der Waals surface area contributed by atoms with Gasteiger partial charge in [0.05, 0.1) is 0 Å². The SMILES string of the molecule is CC(C(=O)N1CCCCCC1)S(=O)(=O)Cc1nc(-c2ccccc2)no1. The van der Waals surface area contributed by atoms with Crippen LogP contribution in [0.1, 0.15) is 38.5 Å². The molecule has 1 saturated heterocycles. The van der Waals surface area contributed by atoms with Gasteiger partial charge in [0.25, 0.3) is 0 Å². The average molecular weight is 377 g/mol. The van der Waals surface area contributed by atoms with Crippen LogP contribution in [-0.2, 0) is 20.4 Å². The lowest BCUT2D eigenvalue weighted by atomic mass is 10.2. The lowest BCUT2D eigenvalue weighted by Crippen LogP contribution is -2.42. The summed E-state index contributed by atoms with van der Waals surface area (Å²) < 4.78 is 30.4. The van der Waals surface area contributed by atoms with Crippen LogP contribution < -0.4 is 0 Å². The second kappa shape index (κ2) is 7.99. The highest BCUT2D eigenvalue weighted by molar-refractivity contribution is 7.92. The van der Waals surface area contributed by atoms with Gasteiger partial charge < -0.3 is 9.42 Å². The normalized spacial score (nSPS) is 16.9. The molecule has 3 rings (SSSR count). The Morgan fingerprint density at radius 1 is 1.15 bits per heavy atom. The number of carbonyl (C=O) groups is 1. The zero-order valence-corrected chi connectivity index (χ0v) is 15.6. The Morgan fingerprint density at radius 3 is 2.46 bits per heavy atom. The molecule has 2 aromatic rings. The lowest BCUT2D eigenvalue weighted by molar-refractivity contribution is -0.130. The molecule has 1 atom stereocenters. The summed E-state index contributed by atoms with van der Waals surface area (Å²) in [5.74, 6) is -0.440. The van der Waals surface area contributed by atoms with E-state index in [1.165, 1.54) is 6.92 Å². The quantitative estimate of drug-likeness (QED) is 0.794. The average Bonchev–Trinajstić information content (AvgIpc) is 2.92. The van der Waals surface area contributed by atoms with Crippen LogP contribution in [0.2, 0.25) is 0 Å². The van der Waals surface area contributed by atoms with Gasteiger partial charge in [-0.3, -0.25) is 4.79 Å². The highest BCUT2D eigenvalue weighted by Crippen LogP contribution is 2.19. The smallest absolute Gasteiger partial charge is 0.242 e. The van der Waals surface area contributed by atoms with Gasteiger partial charge in [-0.25, -0.2) is 8.42 Å². The molecule has 1 fully saturated rings. The fourth-order valence-electron chi connectivity index (χ4n) is 3.02. The molecule has 26 heavy (non-hydrogen) atoms. The van der Waals surface area contributed by atoms with Crippen molar-refractivity contribution < 1.29 is 17.7 Å². The molecule has 8 heteroatoms. The van der Waals surface area contributed by atoms with Crippen molar-refractivity contribution in [2.75, 3.05) is 13.1 Å². The van der Waals surface area contributed by atoms with Crippen LogP contribution >= 0.6 is 0 Å². The summed E-state index contributed by atoms with van der Waals surface area (Å²) in [5, 5.41) is 2.71. The number of sulfone groups is 1. The molecule has 1 unspecified atom stereocenters. The molecular formula is C18H23N3O4S. The lowest BCUT2D eigenvalue weighted by Gasteiger charge is -2.23. The van der Waals surface area contributed by atoms with E-state index in [4.69, 9.17) is 4.52 Å². The second-order valence-corrected chi connectivity index (χ2v) is 8.89. The minimum absolute atomic E-state index is 0.000584. The van der Waals surface area contributed by atoms with Crippen molar-refractivity contribution in [3.05, 3.63) is 36.2 Å². The molecule has 1 amide bonds. The van der Waals surface area contributed by atoms with Gasteiger partial charge >= 0.3 is 0 Å². The predicted molar refractivity (Wildman–Crippen MR) is 96.9 cm³/mol. The van der Waals surface area contributed by atoms with Crippen LogP contribution in [0, 0.1) is 0 Å². The minimum Gasteiger partial charge on any atom is -0.342 e. The third kappa shape index (κ3) is 4.30. The Hall–Kier alpha value is -2.22. The number of rotatable bonds is 5. The maximum absolute atomic E-state index is 12.6. The van der Waals surface area contributed by atoms with Crippen LogP contribution in [0.15, 0.2) is 34.9 Å².